The third kappa shape index (κ3) is 5.48. The molecule has 2 aromatic carbocycles. The number of nitrogens with one attached hydrogen (secondary N) is 1. The summed E-state index contributed by atoms with van der Waals surface area (Å²) >= 11 is 0. The summed E-state index contributed by atoms with van der Waals surface area (Å²) in [5.74, 6) is 1.000. The van der Waals surface area contributed by atoms with E-state index in [4.69, 9.17) is 10.5 Å². The van der Waals surface area contributed by atoms with Crippen LogP contribution in [0.4, 0.5) is 4.39 Å². The number of ether oxygens (including phenoxy) is 1. The van der Waals surface area contributed by atoms with Gasteiger partial charge in [0.05, 0.1) is 13.7 Å². The number of methoxy groups -OCH3 is 1. The molecule has 0 radical (unpaired) electrons. The second-order valence-corrected chi connectivity index (χ2v) is 6.59. The molecule has 0 aliphatic carbocycles. The fourth-order valence-corrected chi connectivity index (χ4v) is 2.56. The van der Waals surface area contributed by atoms with E-state index < -0.39 is 5.41 Å². The first-order chi connectivity index (χ1) is 11.9. The highest BCUT2D eigenvalue weighted by molar-refractivity contribution is 5.77. The van der Waals surface area contributed by atoms with Crippen LogP contribution < -0.4 is 15.8 Å². The van der Waals surface area contributed by atoms with Gasteiger partial charge in [-0.3, -0.25) is 4.99 Å². The molecule has 134 valence electrons. The third-order valence-electron chi connectivity index (χ3n) is 4.13. The predicted molar refractivity (Wildman–Crippen MR) is 101 cm³/mol. The molecule has 0 amide bonds. The Bertz CT molecular complexity index is 711. The smallest absolute Gasteiger partial charge is 0.188 e. The van der Waals surface area contributed by atoms with E-state index in [1.165, 1.54) is 11.6 Å². The molecule has 0 unspecified atom stereocenters. The summed E-state index contributed by atoms with van der Waals surface area (Å²) in [6.07, 6.45) is 0.830. The minimum absolute atomic E-state index is 0.214. The number of nitrogens with zero attached hydrogens (tertiary/aromatic N) is 1. The van der Waals surface area contributed by atoms with Gasteiger partial charge in [-0.2, -0.15) is 0 Å². The van der Waals surface area contributed by atoms with Gasteiger partial charge >= 0.3 is 0 Å². The Balaban J connectivity index is 1.85. The van der Waals surface area contributed by atoms with Crippen molar-refractivity contribution in [1.29, 1.82) is 0 Å². The molecule has 4 nitrogen and oxygen atoms in total. The maximum atomic E-state index is 13.9. The van der Waals surface area contributed by atoms with E-state index in [1.54, 1.807) is 19.2 Å². The van der Waals surface area contributed by atoms with E-state index in [9.17, 15) is 4.39 Å². The standard InChI is InChI=1S/C20H26FN3O/c1-20(2,17-6-4-5-7-18(17)21)14-24-19(22)23-13-12-15-8-10-16(25-3)11-9-15/h4-11H,12-14H2,1-3H3,(H3,22,23,24). The van der Waals surface area contributed by atoms with Gasteiger partial charge in [0.1, 0.15) is 11.6 Å². The molecule has 5 heteroatoms. The van der Waals surface area contributed by atoms with Gasteiger partial charge in [-0.25, -0.2) is 4.39 Å². The Morgan fingerprint density at radius 3 is 2.48 bits per heavy atom. The summed E-state index contributed by atoms with van der Waals surface area (Å²) in [6.45, 7) is 5.01. The van der Waals surface area contributed by atoms with E-state index >= 15 is 0 Å². The third-order valence-corrected chi connectivity index (χ3v) is 4.13. The molecular formula is C20H26FN3O. The summed E-state index contributed by atoms with van der Waals surface area (Å²) < 4.78 is 19.1. The van der Waals surface area contributed by atoms with E-state index in [0.29, 0.717) is 24.6 Å². The number of aliphatic imine (C=N–C) groups is 1. The molecule has 25 heavy (non-hydrogen) atoms. The summed E-state index contributed by atoms with van der Waals surface area (Å²) in [4.78, 5) is 4.37. The van der Waals surface area contributed by atoms with Crippen LogP contribution in [0.2, 0.25) is 0 Å². The molecule has 0 fully saturated rings. The Morgan fingerprint density at radius 1 is 1.16 bits per heavy atom. The van der Waals surface area contributed by atoms with Crippen molar-refractivity contribution in [3.63, 3.8) is 0 Å². The van der Waals surface area contributed by atoms with Crippen LogP contribution in [-0.4, -0.2) is 26.2 Å². The predicted octanol–water partition coefficient (Wildman–Crippen LogP) is 3.26. The maximum Gasteiger partial charge on any atom is 0.188 e. The Labute approximate surface area is 148 Å². The summed E-state index contributed by atoms with van der Waals surface area (Å²) in [5, 5.41) is 3.10. The molecule has 0 spiro atoms. The SMILES string of the molecule is COc1ccc(CCNC(N)=NCC(C)(C)c2ccccc2F)cc1. The highest BCUT2D eigenvalue weighted by atomic mass is 19.1. The second kappa shape index (κ2) is 8.51. The highest BCUT2D eigenvalue weighted by Crippen LogP contribution is 2.25. The Hall–Kier alpha value is -2.56. The minimum Gasteiger partial charge on any atom is -0.497 e. The van der Waals surface area contributed by atoms with Gasteiger partial charge in [0.15, 0.2) is 5.96 Å². The number of hydrogen-bond acceptors (Lipinski definition) is 2. The van der Waals surface area contributed by atoms with E-state index in [1.807, 2.05) is 44.2 Å². The van der Waals surface area contributed by atoms with Crippen molar-refractivity contribution in [2.24, 2.45) is 10.7 Å². The van der Waals surface area contributed by atoms with E-state index in [0.717, 1.165) is 12.2 Å². The number of halogens is 1. The summed E-state index contributed by atoms with van der Waals surface area (Å²) in [7, 11) is 1.65. The van der Waals surface area contributed by atoms with Gasteiger partial charge < -0.3 is 15.8 Å². The lowest BCUT2D eigenvalue weighted by atomic mass is 9.84. The first-order valence-electron chi connectivity index (χ1n) is 8.34. The van der Waals surface area contributed by atoms with Crippen LogP contribution in [0.1, 0.15) is 25.0 Å². The molecule has 0 saturated heterocycles. The Morgan fingerprint density at radius 2 is 1.84 bits per heavy atom. The van der Waals surface area contributed by atoms with Crippen molar-refractivity contribution in [2.75, 3.05) is 20.2 Å². The molecule has 0 atom stereocenters. The zero-order valence-corrected chi connectivity index (χ0v) is 15.1. The van der Waals surface area contributed by atoms with Crippen LogP contribution in [0.25, 0.3) is 0 Å². The van der Waals surface area contributed by atoms with Gasteiger partial charge in [-0.05, 0) is 35.7 Å². The lowest BCUT2D eigenvalue weighted by Crippen LogP contribution is -2.35. The lowest BCUT2D eigenvalue weighted by Gasteiger charge is -2.23. The van der Waals surface area contributed by atoms with Crippen molar-refractivity contribution in [1.82, 2.24) is 5.32 Å². The normalized spacial score (nSPS) is 12.1. The maximum absolute atomic E-state index is 13.9. The quantitative estimate of drug-likeness (QED) is 0.599. The number of benzene rings is 2. The molecule has 0 saturated carbocycles. The van der Waals surface area contributed by atoms with Gasteiger partial charge in [0, 0.05) is 12.0 Å². The first-order valence-corrected chi connectivity index (χ1v) is 8.34. The van der Waals surface area contributed by atoms with Gasteiger partial charge in [0.25, 0.3) is 0 Å². The monoisotopic (exact) mass is 343 g/mol. The van der Waals surface area contributed by atoms with Crippen molar-refractivity contribution >= 4 is 5.96 Å². The lowest BCUT2D eigenvalue weighted by molar-refractivity contribution is 0.414. The second-order valence-electron chi connectivity index (χ2n) is 6.59. The van der Waals surface area contributed by atoms with Crippen LogP contribution in [-0.2, 0) is 11.8 Å². The van der Waals surface area contributed by atoms with Crippen molar-refractivity contribution < 1.29 is 9.13 Å². The van der Waals surface area contributed by atoms with Crippen LogP contribution in [0, 0.1) is 5.82 Å². The molecule has 2 rings (SSSR count). The number of rotatable bonds is 7. The summed E-state index contributed by atoms with van der Waals surface area (Å²) in [5.41, 5.74) is 7.34. The molecule has 2 aromatic rings. The van der Waals surface area contributed by atoms with Crippen LogP contribution >= 0.6 is 0 Å². The van der Waals surface area contributed by atoms with Crippen molar-refractivity contribution in [2.45, 2.75) is 25.7 Å². The minimum atomic E-state index is -0.423. The van der Waals surface area contributed by atoms with Crippen LogP contribution in [0.15, 0.2) is 53.5 Å². The molecule has 3 N–H and O–H groups in total. The zero-order valence-electron chi connectivity index (χ0n) is 15.1. The average Bonchev–Trinajstić information content (AvgIpc) is 2.61. The number of hydrogen-bond donors (Lipinski definition) is 2. The Kier molecular flexibility index (Phi) is 6.39. The fraction of sp³-hybridized carbons (Fsp3) is 0.350. The molecule has 0 heterocycles. The van der Waals surface area contributed by atoms with Gasteiger partial charge in [-0.1, -0.05) is 44.2 Å². The van der Waals surface area contributed by atoms with E-state index in [2.05, 4.69) is 10.3 Å². The largest absolute Gasteiger partial charge is 0.497 e. The fourth-order valence-electron chi connectivity index (χ4n) is 2.56. The van der Waals surface area contributed by atoms with Gasteiger partial charge in [-0.15, -0.1) is 0 Å². The molecule has 0 aliphatic heterocycles. The topological polar surface area (TPSA) is 59.6 Å². The molecule has 0 aromatic heterocycles. The van der Waals surface area contributed by atoms with Crippen LogP contribution in [0.3, 0.4) is 0 Å². The van der Waals surface area contributed by atoms with Crippen molar-refractivity contribution in [3.05, 3.63) is 65.5 Å². The molecule has 0 bridgehead atoms. The number of guanidine groups is 1. The average molecular weight is 343 g/mol. The molecule has 0 aliphatic rings. The first kappa shape index (κ1) is 18.8. The highest BCUT2D eigenvalue weighted by Gasteiger charge is 2.23. The number of nitrogens with two attached hydrogens (primary N) is 1. The van der Waals surface area contributed by atoms with Crippen LogP contribution in [0.5, 0.6) is 5.75 Å². The summed E-state index contributed by atoms with van der Waals surface area (Å²) in [6, 6.07) is 14.7. The van der Waals surface area contributed by atoms with E-state index in [-0.39, 0.29) is 5.82 Å². The zero-order chi connectivity index (χ0) is 18.3. The van der Waals surface area contributed by atoms with Gasteiger partial charge in [0.2, 0.25) is 0 Å². The van der Waals surface area contributed by atoms with Crippen molar-refractivity contribution in [3.8, 4) is 5.75 Å². The molecular weight excluding hydrogens is 317 g/mol.